The summed E-state index contributed by atoms with van der Waals surface area (Å²) in [6.07, 6.45) is 27.1. The Morgan fingerprint density at radius 3 is 1.80 bits per heavy atom. The topological polar surface area (TPSA) is 131 Å². The van der Waals surface area contributed by atoms with Crippen LogP contribution in [-0.2, 0) is 41.9 Å². The summed E-state index contributed by atoms with van der Waals surface area (Å²) in [7, 11) is 0.419. The molecule has 0 aliphatic heterocycles. The minimum Gasteiger partial charge on any atom is -0.394 e. The molecule has 0 bridgehead atoms. The van der Waals surface area contributed by atoms with Crippen molar-refractivity contribution in [2.45, 2.75) is 179 Å². The van der Waals surface area contributed by atoms with Crippen LogP contribution in [-0.4, -0.2) is 95.8 Å². The standard InChI is InChI=1S/C43H82NO10P/c1-8-12-14-16-17-18-19-20-21-22-23-24-25-27-29-31-41(46)44-39(36-45)42(51-35-32-38(49-6)30-28-26-15-13-9-2)43(40(50-7)37-48-5)54-55(47,52-33-10-3)53-34-11-4/h10-11,18-19,38-40,42-43,45H,3-4,8-9,12-17,20-37H2,1-2,5-7H3,(H,44,46)/b19-18-/t38?,39-,40?,42?,43+/m0/s1. The van der Waals surface area contributed by atoms with Crippen LogP contribution in [0.15, 0.2) is 37.5 Å². The normalized spacial score (nSPS) is 14.8. The van der Waals surface area contributed by atoms with E-state index >= 15 is 0 Å². The van der Waals surface area contributed by atoms with Crippen molar-refractivity contribution >= 4 is 13.7 Å². The van der Waals surface area contributed by atoms with Crippen LogP contribution in [0.1, 0.15) is 149 Å². The van der Waals surface area contributed by atoms with Crippen LogP contribution < -0.4 is 5.32 Å². The van der Waals surface area contributed by atoms with E-state index in [1.165, 1.54) is 97.0 Å². The van der Waals surface area contributed by atoms with Gasteiger partial charge in [-0.05, 0) is 44.9 Å². The summed E-state index contributed by atoms with van der Waals surface area (Å²) in [5, 5.41) is 13.7. The molecule has 5 atom stereocenters. The van der Waals surface area contributed by atoms with Gasteiger partial charge in [0.25, 0.3) is 0 Å². The quantitative estimate of drug-likeness (QED) is 0.0349. The van der Waals surface area contributed by atoms with Crippen molar-refractivity contribution in [3.63, 3.8) is 0 Å². The van der Waals surface area contributed by atoms with Crippen molar-refractivity contribution in [1.29, 1.82) is 0 Å². The first-order chi connectivity index (χ1) is 26.8. The summed E-state index contributed by atoms with van der Waals surface area (Å²) in [6.45, 7) is 11.3. The van der Waals surface area contributed by atoms with Gasteiger partial charge in [-0.3, -0.25) is 18.4 Å². The second-order valence-electron chi connectivity index (χ2n) is 14.3. The molecule has 11 nitrogen and oxygen atoms in total. The SMILES string of the molecule is C=CCOP(=O)(OCC=C)O[C@H](C(COC)OC)C(OCCC(CCCCCCC)OC)[C@H](CO)NC(=O)CCCCCCCCC/C=C\CCCCCC. The number of amides is 1. The first-order valence-corrected chi connectivity index (χ1v) is 22.8. The molecule has 0 aromatic carbocycles. The molecule has 55 heavy (non-hydrogen) atoms. The highest BCUT2D eigenvalue weighted by Crippen LogP contribution is 2.51. The second kappa shape index (κ2) is 38.1. The Balaban J connectivity index is 5.59. The molecule has 0 heterocycles. The number of aliphatic hydroxyl groups excluding tert-OH is 1. The number of aliphatic hydroxyl groups is 1. The van der Waals surface area contributed by atoms with Gasteiger partial charge in [0, 0.05) is 34.4 Å². The Labute approximate surface area is 336 Å². The average molecular weight is 804 g/mol. The maximum Gasteiger partial charge on any atom is 0.475 e. The number of rotatable bonds is 42. The first-order valence-electron chi connectivity index (χ1n) is 21.3. The van der Waals surface area contributed by atoms with Gasteiger partial charge in [0.05, 0.1) is 38.6 Å². The van der Waals surface area contributed by atoms with Gasteiger partial charge in [0.15, 0.2) is 0 Å². The van der Waals surface area contributed by atoms with E-state index in [0.29, 0.717) is 12.8 Å². The molecule has 0 aromatic rings. The number of carbonyl (C=O) groups is 1. The van der Waals surface area contributed by atoms with Gasteiger partial charge in [-0.2, -0.15) is 0 Å². The number of carbonyl (C=O) groups excluding carboxylic acids is 1. The number of hydrogen-bond donors (Lipinski definition) is 2. The molecule has 0 radical (unpaired) electrons. The molecule has 324 valence electrons. The number of phosphoric ester groups is 1. The highest BCUT2D eigenvalue weighted by atomic mass is 31.2. The minimum absolute atomic E-state index is 0.0321. The van der Waals surface area contributed by atoms with E-state index in [4.69, 9.17) is 32.5 Å². The van der Waals surface area contributed by atoms with Crippen molar-refractivity contribution in [3.8, 4) is 0 Å². The lowest BCUT2D eigenvalue weighted by Gasteiger charge is -2.37. The lowest BCUT2D eigenvalue weighted by molar-refractivity contribution is -0.139. The van der Waals surface area contributed by atoms with Gasteiger partial charge < -0.3 is 29.4 Å². The van der Waals surface area contributed by atoms with E-state index in [1.807, 2.05) is 0 Å². The zero-order chi connectivity index (χ0) is 40.8. The van der Waals surface area contributed by atoms with Crippen molar-refractivity contribution in [3.05, 3.63) is 37.5 Å². The molecule has 0 saturated heterocycles. The van der Waals surface area contributed by atoms with Crippen molar-refractivity contribution in [2.75, 3.05) is 54.4 Å². The Kier molecular flexibility index (Phi) is 37.2. The maximum atomic E-state index is 13.9. The van der Waals surface area contributed by atoms with E-state index < -0.39 is 38.8 Å². The molecule has 1 amide bonds. The van der Waals surface area contributed by atoms with E-state index in [2.05, 4.69) is 44.5 Å². The van der Waals surface area contributed by atoms with Crippen LogP contribution in [0.5, 0.6) is 0 Å². The van der Waals surface area contributed by atoms with E-state index in [9.17, 15) is 14.5 Å². The molecular weight excluding hydrogens is 721 g/mol. The number of methoxy groups -OCH3 is 3. The molecule has 0 fully saturated rings. The molecule has 12 heteroatoms. The second-order valence-corrected chi connectivity index (χ2v) is 15.9. The number of nitrogens with one attached hydrogen (secondary N) is 1. The van der Waals surface area contributed by atoms with Gasteiger partial charge in [0.1, 0.15) is 18.3 Å². The lowest BCUT2D eigenvalue weighted by Crippen LogP contribution is -2.56. The summed E-state index contributed by atoms with van der Waals surface area (Å²) < 4.78 is 54.5. The van der Waals surface area contributed by atoms with Gasteiger partial charge in [0.2, 0.25) is 5.91 Å². The van der Waals surface area contributed by atoms with Gasteiger partial charge in [-0.15, -0.1) is 13.2 Å². The number of allylic oxidation sites excluding steroid dienone is 2. The third-order valence-corrected chi connectivity index (χ3v) is 11.0. The van der Waals surface area contributed by atoms with Crippen molar-refractivity contribution in [2.24, 2.45) is 0 Å². The largest absolute Gasteiger partial charge is 0.475 e. The van der Waals surface area contributed by atoms with E-state index in [-0.39, 0.29) is 38.4 Å². The monoisotopic (exact) mass is 804 g/mol. The first kappa shape index (κ1) is 53.6. The Bertz CT molecular complexity index is 967. The van der Waals surface area contributed by atoms with Crippen molar-refractivity contribution < 1.29 is 47.0 Å². The molecule has 0 spiro atoms. The number of phosphoric acid groups is 1. The van der Waals surface area contributed by atoms with Crippen LogP contribution in [0.25, 0.3) is 0 Å². The van der Waals surface area contributed by atoms with Crippen LogP contribution in [0.3, 0.4) is 0 Å². The summed E-state index contributed by atoms with van der Waals surface area (Å²) in [5.41, 5.74) is 0. The number of ether oxygens (including phenoxy) is 4. The molecule has 2 N–H and O–H groups in total. The maximum absolute atomic E-state index is 13.9. The average Bonchev–Trinajstić information content (AvgIpc) is 3.19. The summed E-state index contributed by atoms with van der Waals surface area (Å²) in [4.78, 5) is 13.3. The van der Waals surface area contributed by atoms with Crippen LogP contribution in [0, 0.1) is 0 Å². The third-order valence-electron chi connectivity index (χ3n) is 9.59. The lowest BCUT2D eigenvalue weighted by atomic mass is 10.00. The fourth-order valence-electron chi connectivity index (χ4n) is 6.33. The van der Waals surface area contributed by atoms with Crippen LogP contribution in [0.4, 0.5) is 0 Å². The molecule has 0 rings (SSSR count). The van der Waals surface area contributed by atoms with Gasteiger partial charge >= 0.3 is 7.82 Å². The Morgan fingerprint density at radius 1 is 0.727 bits per heavy atom. The summed E-state index contributed by atoms with van der Waals surface area (Å²) >= 11 is 0. The fourth-order valence-corrected chi connectivity index (χ4v) is 7.66. The minimum atomic E-state index is -4.25. The zero-order valence-corrected chi connectivity index (χ0v) is 36.5. The smallest absolute Gasteiger partial charge is 0.394 e. The molecule has 0 saturated carbocycles. The molecule has 0 aliphatic rings. The predicted molar refractivity (Wildman–Crippen MR) is 224 cm³/mol. The van der Waals surface area contributed by atoms with Gasteiger partial charge in [-0.1, -0.05) is 122 Å². The molecule has 0 aliphatic carbocycles. The molecular formula is C43H82NO10P. The van der Waals surface area contributed by atoms with Gasteiger partial charge in [-0.25, -0.2) is 4.57 Å². The summed E-state index contributed by atoms with van der Waals surface area (Å²) in [6, 6.07) is -0.931. The predicted octanol–water partition coefficient (Wildman–Crippen LogP) is 10.2. The van der Waals surface area contributed by atoms with Crippen LogP contribution >= 0.6 is 7.82 Å². The Hall–Kier alpha value is -1.40. The Morgan fingerprint density at radius 2 is 1.27 bits per heavy atom. The molecule has 3 unspecified atom stereocenters. The van der Waals surface area contributed by atoms with Crippen LogP contribution in [0.2, 0.25) is 0 Å². The van der Waals surface area contributed by atoms with Crippen molar-refractivity contribution in [1.82, 2.24) is 5.32 Å². The fraction of sp³-hybridized carbons (Fsp3) is 0.837. The highest BCUT2D eigenvalue weighted by molar-refractivity contribution is 7.48. The summed E-state index contributed by atoms with van der Waals surface area (Å²) in [5.74, 6) is -0.218. The van der Waals surface area contributed by atoms with E-state index in [1.54, 1.807) is 7.11 Å². The third kappa shape index (κ3) is 28.6. The number of hydrogen-bond acceptors (Lipinski definition) is 10. The molecule has 0 aromatic heterocycles. The zero-order valence-electron chi connectivity index (χ0n) is 35.6. The highest BCUT2D eigenvalue weighted by Gasteiger charge is 2.43. The van der Waals surface area contributed by atoms with E-state index in [0.717, 1.165) is 51.4 Å². The number of unbranched alkanes of at least 4 members (excludes halogenated alkanes) is 15.